The van der Waals surface area contributed by atoms with Crippen molar-refractivity contribution >= 4 is 34.9 Å². The lowest BCUT2D eigenvalue weighted by Crippen LogP contribution is -2.20. The molecule has 1 saturated heterocycles. The van der Waals surface area contributed by atoms with Crippen molar-refractivity contribution in [2.75, 3.05) is 26.5 Å². The van der Waals surface area contributed by atoms with Gasteiger partial charge < -0.3 is 9.47 Å². The van der Waals surface area contributed by atoms with E-state index in [0.29, 0.717) is 18.6 Å². The van der Waals surface area contributed by atoms with E-state index in [4.69, 9.17) is 9.47 Å². The molecule has 4 aromatic carbocycles. The minimum absolute atomic E-state index is 0.372. The molecule has 0 unspecified atom stereocenters. The summed E-state index contributed by atoms with van der Waals surface area (Å²) >= 11 is 3.77. The summed E-state index contributed by atoms with van der Waals surface area (Å²) in [6.07, 6.45) is 3.11. The molecule has 0 spiro atoms. The minimum Gasteiger partial charge on any atom is -0.496 e. The number of methoxy groups -OCH3 is 2. The van der Waals surface area contributed by atoms with Crippen molar-refractivity contribution < 1.29 is 14.3 Å². The van der Waals surface area contributed by atoms with Crippen LogP contribution in [-0.2, 0) is 4.79 Å². The largest absolute Gasteiger partial charge is 0.496 e. The molecule has 182 valence electrons. The number of carbonyl (C=O) groups is 1. The van der Waals surface area contributed by atoms with Crippen LogP contribution in [0, 0.1) is 0 Å². The first kappa shape index (κ1) is 24.7. The van der Waals surface area contributed by atoms with Crippen LogP contribution in [0.25, 0.3) is 33.4 Å². The molecule has 36 heavy (non-hydrogen) atoms. The minimum atomic E-state index is -0.550. The fraction of sp³-hybridized carbons (Fsp3) is 0.194. The molecule has 1 aliphatic rings. The average Bonchev–Trinajstić information content (AvgIpc) is 2.93. The van der Waals surface area contributed by atoms with Gasteiger partial charge in [0, 0.05) is 28.4 Å². The van der Waals surface area contributed by atoms with Gasteiger partial charge in [0.2, 0.25) is 0 Å². The van der Waals surface area contributed by atoms with Gasteiger partial charge in [-0.1, -0.05) is 78.4 Å². The Kier molecular flexibility index (Phi) is 7.55. The summed E-state index contributed by atoms with van der Waals surface area (Å²) in [5.41, 5.74) is 6.72. The first-order chi connectivity index (χ1) is 17.6. The molecule has 4 aromatic rings. The van der Waals surface area contributed by atoms with E-state index in [-0.39, 0.29) is 0 Å². The van der Waals surface area contributed by atoms with E-state index in [1.54, 1.807) is 14.2 Å². The van der Waals surface area contributed by atoms with Crippen LogP contribution < -0.4 is 14.8 Å². The van der Waals surface area contributed by atoms with E-state index in [9.17, 15) is 4.79 Å². The van der Waals surface area contributed by atoms with Crippen molar-refractivity contribution in [2.45, 2.75) is 12.8 Å². The molecule has 5 heteroatoms. The lowest BCUT2D eigenvalue weighted by molar-refractivity contribution is -0.118. The van der Waals surface area contributed by atoms with Crippen LogP contribution in [0.2, 0.25) is 0 Å². The lowest BCUT2D eigenvalue weighted by atomic mass is 9.92. The smallest absolute Gasteiger partial charge is 0.133 e. The number of para-hydroxylation sites is 2. The Balaban J connectivity index is 1.87. The highest BCUT2D eigenvalue weighted by atomic mass is 79.9. The molecule has 0 atom stereocenters. The Morgan fingerprint density at radius 2 is 1.14 bits per heavy atom. The normalized spacial score (nSPS) is 14.0. The molecule has 0 bridgehead atoms. The van der Waals surface area contributed by atoms with Gasteiger partial charge in [-0.2, -0.15) is 0 Å². The van der Waals surface area contributed by atoms with E-state index in [1.807, 2.05) is 30.3 Å². The van der Waals surface area contributed by atoms with E-state index in [1.165, 1.54) is 16.4 Å². The van der Waals surface area contributed by atoms with Crippen LogP contribution in [0.3, 0.4) is 0 Å². The predicted octanol–water partition coefficient (Wildman–Crippen LogP) is 7.94. The zero-order valence-electron chi connectivity index (χ0n) is 20.5. The molecular weight excluding hydrogens is 531 g/mol. The van der Waals surface area contributed by atoms with Crippen molar-refractivity contribution in [3.05, 3.63) is 89.4 Å². The second-order valence-corrected chi connectivity index (χ2v) is 12.1. The standard InChI is InChI=1S/C31H28BrO3P/c1-34-29-13-7-4-10-24(29)26-19-21(23-9-3-6-12-28(23)32)20-27(25-11-5-8-14-30(25)35-2)31(26)36-17-15-22(33)16-18-36/h3-14,19-20H,15-18H2,1-2H3. The number of rotatable bonds is 6. The van der Waals surface area contributed by atoms with Gasteiger partial charge in [-0.25, -0.2) is 0 Å². The van der Waals surface area contributed by atoms with Crippen LogP contribution in [0.15, 0.2) is 89.4 Å². The first-order valence-electron chi connectivity index (χ1n) is 12.1. The Morgan fingerprint density at radius 3 is 1.64 bits per heavy atom. The maximum absolute atomic E-state index is 12.2. The van der Waals surface area contributed by atoms with Crippen LogP contribution in [0.4, 0.5) is 0 Å². The van der Waals surface area contributed by atoms with E-state index in [2.05, 4.69) is 70.5 Å². The zero-order valence-corrected chi connectivity index (χ0v) is 22.9. The van der Waals surface area contributed by atoms with E-state index >= 15 is 0 Å². The summed E-state index contributed by atoms with van der Waals surface area (Å²) in [5, 5.41) is 1.32. The maximum atomic E-state index is 12.2. The molecule has 0 radical (unpaired) electrons. The predicted molar refractivity (Wildman–Crippen MR) is 154 cm³/mol. The Morgan fingerprint density at radius 1 is 0.667 bits per heavy atom. The molecule has 0 amide bonds. The summed E-state index contributed by atoms with van der Waals surface area (Å²) in [5.74, 6) is 2.06. The second-order valence-electron chi connectivity index (χ2n) is 8.83. The lowest BCUT2D eigenvalue weighted by Gasteiger charge is -2.29. The Bertz CT molecular complexity index is 1340. The van der Waals surface area contributed by atoms with Gasteiger partial charge in [-0.3, -0.25) is 4.79 Å². The molecule has 1 aliphatic heterocycles. The summed E-state index contributed by atoms with van der Waals surface area (Å²) in [6, 6.07) is 29.4. The number of carbonyl (C=O) groups excluding carboxylic acids is 1. The first-order valence-corrected chi connectivity index (χ1v) is 14.6. The number of halogens is 1. The van der Waals surface area contributed by atoms with Gasteiger partial charge in [0.05, 0.1) is 14.2 Å². The number of Topliss-reactive ketones (excluding diaryl/α,β-unsaturated/α-hetero) is 1. The fourth-order valence-corrected chi connectivity index (χ4v) is 8.23. The third kappa shape index (κ3) is 4.85. The van der Waals surface area contributed by atoms with Gasteiger partial charge in [-0.05, 0) is 70.2 Å². The summed E-state index contributed by atoms with van der Waals surface area (Å²) in [7, 11) is 2.90. The molecule has 0 saturated carbocycles. The summed E-state index contributed by atoms with van der Waals surface area (Å²) in [6.45, 7) is 0. The Hall–Kier alpha value is -2.94. The van der Waals surface area contributed by atoms with E-state index < -0.39 is 7.92 Å². The number of hydrogen-bond acceptors (Lipinski definition) is 3. The van der Waals surface area contributed by atoms with Crippen molar-refractivity contribution in [1.29, 1.82) is 0 Å². The van der Waals surface area contributed by atoms with Gasteiger partial charge in [0.15, 0.2) is 0 Å². The van der Waals surface area contributed by atoms with Crippen molar-refractivity contribution in [3.63, 3.8) is 0 Å². The number of ketones is 1. The van der Waals surface area contributed by atoms with E-state index in [0.717, 1.165) is 50.5 Å². The molecule has 0 N–H and O–H groups in total. The fourth-order valence-electron chi connectivity index (χ4n) is 4.95. The van der Waals surface area contributed by atoms with Gasteiger partial charge >= 0.3 is 0 Å². The van der Waals surface area contributed by atoms with Gasteiger partial charge in [0.1, 0.15) is 17.3 Å². The molecule has 1 fully saturated rings. The van der Waals surface area contributed by atoms with Crippen LogP contribution in [0.1, 0.15) is 12.8 Å². The third-order valence-electron chi connectivity index (χ3n) is 6.73. The average molecular weight is 559 g/mol. The SMILES string of the molecule is COc1ccccc1-c1cc(-c2ccccc2Br)cc(-c2ccccc2OC)c1P1CCC(=O)CC1. The second kappa shape index (κ2) is 11.0. The summed E-state index contributed by atoms with van der Waals surface area (Å²) < 4.78 is 12.7. The molecule has 3 nitrogen and oxygen atoms in total. The maximum Gasteiger partial charge on any atom is 0.133 e. The molecule has 0 aromatic heterocycles. The number of benzene rings is 4. The van der Waals surface area contributed by atoms with Gasteiger partial charge in [0.25, 0.3) is 0 Å². The van der Waals surface area contributed by atoms with Gasteiger partial charge in [-0.15, -0.1) is 0 Å². The quantitative estimate of drug-likeness (QED) is 0.225. The van der Waals surface area contributed by atoms with Crippen LogP contribution >= 0.6 is 23.9 Å². The van der Waals surface area contributed by atoms with Crippen molar-refractivity contribution in [1.82, 2.24) is 0 Å². The molecular formula is C31H28BrO3P. The molecule has 0 aliphatic carbocycles. The Labute approximate surface area is 222 Å². The molecule has 5 rings (SSSR count). The highest BCUT2D eigenvalue weighted by Gasteiger charge is 2.28. The monoisotopic (exact) mass is 558 g/mol. The third-order valence-corrected chi connectivity index (χ3v) is 10.1. The molecule has 1 heterocycles. The van der Waals surface area contributed by atoms with Crippen molar-refractivity contribution in [2.24, 2.45) is 0 Å². The number of hydrogen-bond donors (Lipinski definition) is 0. The van der Waals surface area contributed by atoms with Crippen molar-refractivity contribution in [3.8, 4) is 44.9 Å². The summed E-state index contributed by atoms with van der Waals surface area (Å²) in [4.78, 5) is 12.2. The topological polar surface area (TPSA) is 35.5 Å². The highest BCUT2D eigenvalue weighted by molar-refractivity contribution is 9.10. The highest BCUT2D eigenvalue weighted by Crippen LogP contribution is 2.49. The number of ether oxygens (including phenoxy) is 2. The van der Waals surface area contributed by atoms with Crippen LogP contribution in [-0.4, -0.2) is 32.3 Å². The zero-order chi connectivity index (χ0) is 25.1. The van der Waals surface area contributed by atoms with Crippen LogP contribution in [0.5, 0.6) is 11.5 Å².